The van der Waals surface area contributed by atoms with E-state index in [1.54, 1.807) is 0 Å². The largest absolute Gasteiger partial charge is 0.491 e. The van der Waals surface area contributed by atoms with Crippen LogP contribution >= 0.6 is 15.9 Å². The van der Waals surface area contributed by atoms with Gasteiger partial charge in [0.15, 0.2) is 0 Å². The number of aromatic nitrogens is 1. The van der Waals surface area contributed by atoms with Crippen molar-refractivity contribution in [2.75, 3.05) is 6.54 Å². The summed E-state index contributed by atoms with van der Waals surface area (Å²) in [5, 5.41) is 2.35. The molecule has 1 N–H and O–H groups in total. The summed E-state index contributed by atoms with van der Waals surface area (Å²) >= 11 is 2.97. The maximum absolute atomic E-state index is 14.4. The Labute approximate surface area is 187 Å². The van der Waals surface area contributed by atoms with Crippen LogP contribution in [0.1, 0.15) is 5.56 Å². The van der Waals surface area contributed by atoms with Gasteiger partial charge in [-0.15, -0.1) is 0 Å². The molecular weight excluding hydrogens is 537 g/mol. The summed E-state index contributed by atoms with van der Waals surface area (Å²) in [4.78, 5) is 26.6. The minimum absolute atomic E-state index is 0.0480. The number of esters is 2. The third-order valence-corrected chi connectivity index (χ3v) is 4.65. The lowest BCUT2D eigenvalue weighted by Crippen LogP contribution is -2.55. The van der Waals surface area contributed by atoms with Crippen molar-refractivity contribution < 1.29 is 54.5 Å². The fraction of sp³-hybridized carbons (Fsp3) is 0.278. The number of nitrogens with zero attached hydrogens (tertiary/aromatic N) is 1. The first-order valence-corrected chi connectivity index (χ1v) is 9.45. The molecule has 0 saturated heterocycles. The number of alkyl halides is 6. The minimum Gasteiger partial charge on any atom is -0.401 e. The van der Waals surface area contributed by atoms with Crippen molar-refractivity contribution in [1.29, 1.82) is 0 Å². The summed E-state index contributed by atoms with van der Waals surface area (Å²) in [5.41, 5.74) is -0.159. The van der Waals surface area contributed by atoms with Crippen molar-refractivity contribution >= 4 is 27.9 Å². The molecule has 1 aliphatic rings. The summed E-state index contributed by atoms with van der Waals surface area (Å²) in [6, 6.07) is 6.72. The number of fused-ring (bicyclic) bond motifs is 1. The molecule has 0 amide bonds. The molecule has 0 atom stereocenters. The average molecular weight is 547 g/mol. The third kappa shape index (κ3) is 5.52. The molecule has 178 valence electrons. The Balaban J connectivity index is 2.06. The summed E-state index contributed by atoms with van der Waals surface area (Å²) in [6.45, 7) is -1.37. The molecule has 0 unspecified atom stereocenters. The molecule has 1 aromatic carbocycles. The van der Waals surface area contributed by atoms with E-state index in [9.17, 15) is 40.3 Å². The zero-order chi connectivity index (χ0) is 24.6. The number of ether oxygens (including phenoxy) is 3. The first-order valence-electron chi connectivity index (χ1n) is 8.66. The fourth-order valence-corrected chi connectivity index (χ4v) is 2.98. The van der Waals surface area contributed by atoms with E-state index in [4.69, 9.17) is 4.74 Å². The van der Waals surface area contributed by atoms with Crippen LogP contribution in [0.25, 0.3) is 11.3 Å². The second kappa shape index (κ2) is 8.78. The number of carbonyl (C=O) groups is 2. The van der Waals surface area contributed by atoms with E-state index < -0.39 is 48.5 Å². The van der Waals surface area contributed by atoms with Crippen LogP contribution in [0.4, 0.5) is 30.7 Å². The van der Waals surface area contributed by atoms with Crippen molar-refractivity contribution in [1.82, 2.24) is 10.3 Å². The predicted octanol–water partition coefficient (Wildman–Crippen LogP) is 4.00. The molecule has 33 heavy (non-hydrogen) atoms. The lowest BCUT2D eigenvalue weighted by molar-refractivity contribution is -0.331. The molecule has 15 heteroatoms. The van der Waals surface area contributed by atoms with E-state index in [0.29, 0.717) is 0 Å². The quantitative estimate of drug-likeness (QED) is 0.354. The first kappa shape index (κ1) is 24.7. The molecule has 7 nitrogen and oxygen atoms in total. The van der Waals surface area contributed by atoms with Crippen LogP contribution < -0.4 is 10.1 Å². The number of carbonyl (C=O) groups excluding carboxylic acids is 2. The van der Waals surface area contributed by atoms with Crippen molar-refractivity contribution in [3.05, 3.63) is 46.2 Å². The van der Waals surface area contributed by atoms with Gasteiger partial charge >= 0.3 is 30.3 Å². The van der Waals surface area contributed by atoms with Crippen molar-refractivity contribution in [3.63, 3.8) is 0 Å². The highest BCUT2D eigenvalue weighted by Gasteiger charge is 2.55. The molecule has 2 heterocycles. The maximum Gasteiger partial charge on any atom is 0.491 e. The van der Waals surface area contributed by atoms with E-state index >= 15 is 0 Å². The molecule has 3 rings (SSSR count). The van der Waals surface area contributed by atoms with Crippen molar-refractivity contribution in [2.45, 2.75) is 24.9 Å². The van der Waals surface area contributed by atoms with Crippen LogP contribution in [0.5, 0.6) is 5.88 Å². The van der Waals surface area contributed by atoms with Gasteiger partial charge in [-0.3, -0.25) is 0 Å². The van der Waals surface area contributed by atoms with E-state index in [0.717, 1.165) is 0 Å². The van der Waals surface area contributed by atoms with Crippen molar-refractivity contribution in [2.24, 2.45) is 0 Å². The van der Waals surface area contributed by atoms with Crippen LogP contribution in [0.2, 0.25) is 0 Å². The summed E-state index contributed by atoms with van der Waals surface area (Å²) in [5.74, 6) is -10.9. The van der Waals surface area contributed by atoms with Gasteiger partial charge in [-0.1, -0.05) is 12.1 Å². The fourth-order valence-electron chi connectivity index (χ4n) is 2.61. The van der Waals surface area contributed by atoms with Gasteiger partial charge in [0.1, 0.15) is 12.4 Å². The van der Waals surface area contributed by atoms with E-state index in [2.05, 4.69) is 35.7 Å². The van der Waals surface area contributed by atoms with Gasteiger partial charge in [0.2, 0.25) is 5.88 Å². The Hall–Kier alpha value is -2.94. The summed E-state index contributed by atoms with van der Waals surface area (Å²) < 4.78 is 104. The van der Waals surface area contributed by atoms with E-state index in [-0.39, 0.29) is 27.8 Å². The van der Waals surface area contributed by atoms with Gasteiger partial charge in [0.05, 0.1) is 10.2 Å². The Morgan fingerprint density at radius 1 is 1.03 bits per heavy atom. The molecule has 1 aromatic heterocycles. The van der Waals surface area contributed by atoms with E-state index in [1.807, 2.05) is 0 Å². The second-order valence-electron chi connectivity index (χ2n) is 6.43. The number of benzene rings is 1. The third-order valence-electron chi connectivity index (χ3n) is 4.04. The van der Waals surface area contributed by atoms with Crippen LogP contribution in [-0.2, 0) is 25.6 Å². The smallest absolute Gasteiger partial charge is 0.401 e. The molecule has 0 spiro atoms. The van der Waals surface area contributed by atoms with Gasteiger partial charge in [-0.2, -0.15) is 26.3 Å². The number of nitrogens with one attached hydrogen (secondary N) is 1. The Morgan fingerprint density at radius 3 is 2.21 bits per heavy atom. The molecule has 0 bridgehead atoms. The van der Waals surface area contributed by atoms with Crippen LogP contribution in [0.15, 0.2) is 34.8 Å². The topological polar surface area (TPSA) is 86.8 Å². The molecule has 2 aromatic rings. The van der Waals surface area contributed by atoms with Crippen LogP contribution in [0, 0.1) is 5.82 Å². The second-order valence-corrected chi connectivity index (χ2v) is 7.28. The molecule has 0 fully saturated rings. The number of hydrogen-bond donors (Lipinski definition) is 1. The number of pyridine rings is 1. The normalized spacial score (nSPS) is 15.6. The number of rotatable bonds is 3. The Kier molecular flexibility index (Phi) is 6.57. The van der Waals surface area contributed by atoms with Gasteiger partial charge < -0.3 is 19.5 Å². The zero-order valence-electron chi connectivity index (χ0n) is 15.8. The van der Waals surface area contributed by atoms with Crippen LogP contribution in [-0.4, -0.2) is 41.8 Å². The highest BCUT2D eigenvalue weighted by atomic mass is 79.9. The standard InChI is InChI=1S/C18H10BrF7N2O5/c19-10-3-1-2-9(12(10)20)11-5-4-8-6-27-7-16(31-13(8)28-11,32-14(29)17(21,22)23)33-15(30)18(24,25)26/h1-5,27H,6-7H2. The molecular formula is C18H10BrF7N2O5. The van der Waals surface area contributed by atoms with Gasteiger partial charge in [-0.05, 0) is 34.1 Å². The SMILES string of the molecule is O=C(OC1(OC(=O)C(F)(F)F)CNCc2ccc(-c3cccc(Br)c3F)nc2O1)C(F)(F)F. The highest BCUT2D eigenvalue weighted by molar-refractivity contribution is 9.10. The Morgan fingerprint density at radius 2 is 1.64 bits per heavy atom. The number of halogens is 8. The predicted molar refractivity (Wildman–Crippen MR) is 96.7 cm³/mol. The lowest BCUT2D eigenvalue weighted by atomic mass is 10.1. The maximum atomic E-state index is 14.4. The monoisotopic (exact) mass is 546 g/mol. The van der Waals surface area contributed by atoms with Gasteiger partial charge in [0.25, 0.3) is 0 Å². The van der Waals surface area contributed by atoms with Gasteiger partial charge in [-0.25, -0.2) is 19.0 Å². The first-order chi connectivity index (χ1) is 15.2. The zero-order valence-corrected chi connectivity index (χ0v) is 17.4. The lowest BCUT2D eigenvalue weighted by Gasteiger charge is -2.31. The molecule has 1 aliphatic heterocycles. The van der Waals surface area contributed by atoms with E-state index in [1.165, 1.54) is 30.3 Å². The van der Waals surface area contributed by atoms with Crippen molar-refractivity contribution in [3.8, 4) is 17.1 Å². The van der Waals surface area contributed by atoms with Gasteiger partial charge in [0, 0.05) is 17.7 Å². The molecule has 0 radical (unpaired) electrons. The number of hydrogen-bond acceptors (Lipinski definition) is 7. The highest BCUT2D eigenvalue weighted by Crippen LogP contribution is 2.34. The molecule has 0 saturated carbocycles. The Bertz CT molecular complexity index is 1060. The minimum atomic E-state index is -5.66. The summed E-state index contributed by atoms with van der Waals surface area (Å²) in [7, 11) is 0. The van der Waals surface area contributed by atoms with Crippen LogP contribution in [0.3, 0.4) is 0 Å². The average Bonchev–Trinajstić information content (AvgIpc) is 2.87. The molecule has 0 aliphatic carbocycles. The summed E-state index contributed by atoms with van der Waals surface area (Å²) in [6.07, 6.45) is -11.3.